The number of esters is 1. The molecule has 0 saturated heterocycles. The average molecular weight is 280 g/mol. The molecule has 0 saturated carbocycles. The monoisotopic (exact) mass is 280 g/mol. The summed E-state index contributed by atoms with van der Waals surface area (Å²) in [5.41, 5.74) is 5.44. The summed E-state index contributed by atoms with van der Waals surface area (Å²) in [6.45, 7) is -0.283. The highest BCUT2D eigenvalue weighted by atomic mass is 19.4. The number of halogens is 3. The lowest BCUT2D eigenvalue weighted by molar-refractivity contribution is -0.276. The number of methoxy groups -OCH3 is 1. The summed E-state index contributed by atoms with van der Waals surface area (Å²) in [7, 11) is 1.15. The number of nitrogens with zero attached hydrogens (tertiary/aromatic N) is 1. The minimum atomic E-state index is -4.99. The van der Waals surface area contributed by atoms with Gasteiger partial charge in [0, 0.05) is 18.3 Å². The van der Waals surface area contributed by atoms with Crippen LogP contribution in [0.5, 0.6) is 11.6 Å². The Hall–Kier alpha value is -2.03. The summed E-state index contributed by atoms with van der Waals surface area (Å²) >= 11 is 0. The molecule has 0 bridgehead atoms. The van der Waals surface area contributed by atoms with Gasteiger partial charge in [-0.05, 0) is 5.56 Å². The fraction of sp³-hybridized carbons (Fsp3) is 0.400. The minimum Gasteiger partial charge on any atom is -0.503 e. The van der Waals surface area contributed by atoms with E-state index in [1.807, 2.05) is 0 Å². The van der Waals surface area contributed by atoms with Crippen LogP contribution in [0.1, 0.15) is 11.1 Å². The highest BCUT2D eigenvalue weighted by Crippen LogP contribution is 2.33. The SMILES string of the molecule is COC(=O)Cc1cnc(OC(F)(F)F)c(O)c1CN. The number of carbonyl (C=O) groups excluding carboxylic acids is 1. The number of pyridine rings is 1. The van der Waals surface area contributed by atoms with Gasteiger partial charge in [0.25, 0.3) is 5.88 Å². The second-order valence-corrected chi connectivity index (χ2v) is 3.42. The topological polar surface area (TPSA) is 94.7 Å². The van der Waals surface area contributed by atoms with Crippen molar-refractivity contribution in [1.29, 1.82) is 0 Å². The molecular formula is C10H11F3N2O4. The van der Waals surface area contributed by atoms with E-state index >= 15 is 0 Å². The molecule has 1 heterocycles. The summed E-state index contributed by atoms with van der Waals surface area (Å²) in [5.74, 6) is -2.50. The van der Waals surface area contributed by atoms with Crippen LogP contribution in [-0.2, 0) is 22.5 Å². The van der Waals surface area contributed by atoms with Crippen LogP contribution in [0.15, 0.2) is 6.20 Å². The van der Waals surface area contributed by atoms with Gasteiger partial charge in [0.05, 0.1) is 13.5 Å². The van der Waals surface area contributed by atoms with Crippen molar-refractivity contribution in [2.24, 2.45) is 5.73 Å². The molecular weight excluding hydrogens is 269 g/mol. The Bertz CT molecular complexity index is 477. The summed E-state index contributed by atoms with van der Waals surface area (Å²) < 4.78 is 44.1. The van der Waals surface area contributed by atoms with Gasteiger partial charge >= 0.3 is 12.3 Å². The van der Waals surface area contributed by atoms with Gasteiger partial charge in [-0.25, -0.2) is 4.98 Å². The smallest absolute Gasteiger partial charge is 0.503 e. The molecule has 1 aromatic rings. The lowest BCUT2D eigenvalue weighted by atomic mass is 10.1. The molecule has 19 heavy (non-hydrogen) atoms. The third-order valence-electron chi connectivity index (χ3n) is 2.19. The van der Waals surface area contributed by atoms with Crippen molar-refractivity contribution >= 4 is 5.97 Å². The van der Waals surface area contributed by atoms with Gasteiger partial charge in [0.15, 0.2) is 5.75 Å². The van der Waals surface area contributed by atoms with Gasteiger partial charge in [-0.1, -0.05) is 0 Å². The van der Waals surface area contributed by atoms with E-state index in [2.05, 4.69) is 14.5 Å². The van der Waals surface area contributed by atoms with Crippen LogP contribution in [0, 0.1) is 0 Å². The Labute approximate surface area is 105 Å². The fourth-order valence-electron chi connectivity index (χ4n) is 1.35. The number of hydrogen-bond donors (Lipinski definition) is 2. The molecule has 0 spiro atoms. The van der Waals surface area contributed by atoms with Crippen LogP contribution >= 0.6 is 0 Å². The van der Waals surface area contributed by atoms with Crippen molar-refractivity contribution in [3.8, 4) is 11.6 Å². The van der Waals surface area contributed by atoms with Crippen LogP contribution in [0.3, 0.4) is 0 Å². The second-order valence-electron chi connectivity index (χ2n) is 3.42. The number of rotatable bonds is 4. The van der Waals surface area contributed by atoms with Crippen molar-refractivity contribution < 1.29 is 32.5 Å². The molecule has 0 fully saturated rings. The molecule has 106 valence electrons. The first kappa shape index (κ1) is 15.0. The molecule has 9 heteroatoms. The van der Waals surface area contributed by atoms with Gasteiger partial charge in [0.2, 0.25) is 0 Å². The van der Waals surface area contributed by atoms with Gasteiger partial charge in [-0.15, -0.1) is 13.2 Å². The molecule has 0 aliphatic rings. The summed E-state index contributed by atoms with van der Waals surface area (Å²) in [4.78, 5) is 14.4. The van der Waals surface area contributed by atoms with E-state index in [0.29, 0.717) is 0 Å². The second kappa shape index (κ2) is 5.74. The predicted octanol–water partition coefficient (Wildman–Crippen LogP) is 0.860. The summed E-state index contributed by atoms with van der Waals surface area (Å²) in [6.07, 6.45) is -4.28. The lowest BCUT2D eigenvalue weighted by Gasteiger charge is -2.13. The molecule has 0 aliphatic carbocycles. The molecule has 0 aromatic carbocycles. The maximum absolute atomic E-state index is 12.0. The highest BCUT2D eigenvalue weighted by molar-refractivity contribution is 5.73. The number of aromatic hydroxyl groups is 1. The van der Waals surface area contributed by atoms with Crippen LogP contribution in [-0.4, -0.2) is 29.5 Å². The van der Waals surface area contributed by atoms with Gasteiger partial charge in [-0.3, -0.25) is 4.79 Å². The van der Waals surface area contributed by atoms with E-state index in [0.717, 1.165) is 13.3 Å². The van der Waals surface area contributed by atoms with E-state index in [-0.39, 0.29) is 24.1 Å². The number of nitrogens with two attached hydrogens (primary N) is 1. The Kier molecular flexibility index (Phi) is 4.54. The van der Waals surface area contributed by atoms with E-state index < -0.39 is 24.0 Å². The Balaban J connectivity index is 3.12. The molecule has 1 aromatic heterocycles. The lowest BCUT2D eigenvalue weighted by Crippen LogP contribution is -2.19. The van der Waals surface area contributed by atoms with E-state index in [1.165, 1.54) is 0 Å². The first-order valence-corrected chi connectivity index (χ1v) is 5.00. The van der Waals surface area contributed by atoms with Crippen LogP contribution < -0.4 is 10.5 Å². The van der Waals surface area contributed by atoms with E-state index in [4.69, 9.17) is 5.73 Å². The minimum absolute atomic E-state index is 0.0559. The molecule has 6 nitrogen and oxygen atoms in total. The maximum atomic E-state index is 12.0. The molecule has 0 aliphatic heterocycles. The molecule has 0 atom stereocenters. The van der Waals surface area contributed by atoms with Crippen LogP contribution in [0.4, 0.5) is 13.2 Å². The van der Waals surface area contributed by atoms with Crippen molar-refractivity contribution in [3.05, 3.63) is 17.3 Å². The standard InChI is InChI=1S/C10H11F3N2O4/c1-18-7(16)2-5-4-15-9(19-10(11,12)13)8(17)6(5)3-14/h4,17H,2-3,14H2,1H3. The zero-order valence-electron chi connectivity index (χ0n) is 9.82. The van der Waals surface area contributed by atoms with Gasteiger partial charge < -0.3 is 20.3 Å². The number of aromatic nitrogens is 1. The van der Waals surface area contributed by atoms with Crippen molar-refractivity contribution in [1.82, 2.24) is 4.98 Å². The number of hydrogen-bond acceptors (Lipinski definition) is 6. The zero-order chi connectivity index (χ0) is 14.6. The first-order chi connectivity index (χ1) is 8.78. The highest BCUT2D eigenvalue weighted by Gasteiger charge is 2.34. The number of ether oxygens (including phenoxy) is 2. The Morgan fingerprint density at radius 1 is 1.53 bits per heavy atom. The van der Waals surface area contributed by atoms with Crippen molar-refractivity contribution in [2.75, 3.05) is 7.11 Å². The average Bonchev–Trinajstić information content (AvgIpc) is 2.31. The first-order valence-electron chi connectivity index (χ1n) is 5.00. The molecule has 0 amide bonds. The van der Waals surface area contributed by atoms with Gasteiger partial charge in [0.1, 0.15) is 0 Å². The Morgan fingerprint density at radius 3 is 2.63 bits per heavy atom. The van der Waals surface area contributed by atoms with Gasteiger partial charge in [-0.2, -0.15) is 0 Å². The largest absolute Gasteiger partial charge is 0.574 e. The maximum Gasteiger partial charge on any atom is 0.574 e. The van der Waals surface area contributed by atoms with Crippen LogP contribution in [0.25, 0.3) is 0 Å². The van der Waals surface area contributed by atoms with E-state index in [1.54, 1.807) is 0 Å². The van der Waals surface area contributed by atoms with Crippen molar-refractivity contribution in [3.63, 3.8) is 0 Å². The summed E-state index contributed by atoms with van der Waals surface area (Å²) in [5, 5.41) is 9.60. The summed E-state index contributed by atoms with van der Waals surface area (Å²) in [6, 6.07) is 0. The normalized spacial score (nSPS) is 11.2. The zero-order valence-corrected chi connectivity index (χ0v) is 9.82. The number of alkyl halides is 3. The molecule has 0 unspecified atom stereocenters. The molecule has 3 N–H and O–H groups in total. The Morgan fingerprint density at radius 2 is 2.16 bits per heavy atom. The predicted molar refractivity (Wildman–Crippen MR) is 56.2 cm³/mol. The molecule has 1 rings (SSSR count). The molecule has 0 radical (unpaired) electrons. The quantitative estimate of drug-likeness (QED) is 0.794. The number of carbonyl (C=O) groups is 1. The third-order valence-corrected chi connectivity index (χ3v) is 2.19. The third kappa shape index (κ3) is 3.98. The van der Waals surface area contributed by atoms with E-state index in [9.17, 15) is 23.1 Å². The van der Waals surface area contributed by atoms with Crippen molar-refractivity contribution in [2.45, 2.75) is 19.3 Å². The fourth-order valence-corrected chi connectivity index (χ4v) is 1.35. The van der Waals surface area contributed by atoms with Crippen LogP contribution in [0.2, 0.25) is 0 Å².